The first-order chi connectivity index (χ1) is 15.9. The lowest BCUT2D eigenvalue weighted by Crippen LogP contribution is -2.24. The van der Waals surface area contributed by atoms with Gasteiger partial charge in [-0.3, -0.25) is 9.59 Å². The highest BCUT2D eigenvalue weighted by Crippen LogP contribution is 2.28. The average molecular weight is 448 g/mol. The van der Waals surface area contributed by atoms with E-state index in [-0.39, 0.29) is 17.9 Å². The number of amides is 2. The third kappa shape index (κ3) is 6.43. The summed E-state index contributed by atoms with van der Waals surface area (Å²) in [5.74, 6) is 0.228. The van der Waals surface area contributed by atoms with E-state index >= 15 is 0 Å². The van der Waals surface area contributed by atoms with Crippen LogP contribution in [0.1, 0.15) is 34.5 Å². The van der Waals surface area contributed by atoms with E-state index in [1.54, 1.807) is 44.6 Å². The first-order valence-corrected chi connectivity index (χ1v) is 10.3. The fraction of sp³-hybridized carbons (Fsp3) is 0.154. The van der Waals surface area contributed by atoms with Gasteiger partial charge in [-0.2, -0.15) is 0 Å². The normalized spacial score (nSPS) is 11.6. The minimum atomic E-state index is -0.398. The number of hydrogen-bond donors (Lipinski definition) is 2. The van der Waals surface area contributed by atoms with E-state index in [4.69, 9.17) is 9.47 Å². The molecular weight excluding hydrogens is 423 g/mol. The van der Waals surface area contributed by atoms with Crippen molar-refractivity contribution in [2.75, 3.05) is 19.5 Å². The van der Waals surface area contributed by atoms with Crippen molar-refractivity contribution in [3.8, 4) is 11.5 Å². The first-order valence-electron chi connectivity index (χ1n) is 10.3. The molecule has 3 rings (SSSR count). The van der Waals surface area contributed by atoms with Crippen LogP contribution in [0, 0.1) is 5.82 Å². The number of benzene rings is 3. The predicted molar refractivity (Wildman–Crippen MR) is 126 cm³/mol. The van der Waals surface area contributed by atoms with Crippen molar-refractivity contribution in [1.82, 2.24) is 5.32 Å². The molecule has 0 spiro atoms. The van der Waals surface area contributed by atoms with Crippen molar-refractivity contribution >= 4 is 23.6 Å². The molecule has 0 aliphatic carbocycles. The molecule has 1 unspecified atom stereocenters. The van der Waals surface area contributed by atoms with Crippen LogP contribution in [-0.4, -0.2) is 26.0 Å². The molecule has 1 atom stereocenters. The summed E-state index contributed by atoms with van der Waals surface area (Å²) in [4.78, 5) is 24.6. The molecule has 0 fully saturated rings. The Labute approximate surface area is 192 Å². The summed E-state index contributed by atoms with van der Waals surface area (Å²) in [6, 6.07) is 17.6. The number of rotatable bonds is 8. The van der Waals surface area contributed by atoms with Crippen LogP contribution in [0.3, 0.4) is 0 Å². The lowest BCUT2D eigenvalue weighted by Gasteiger charge is -2.14. The van der Waals surface area contributed by atoms with Gasteiger partial charge in [-0.15, -0.1) is 0 Å². The van der Waals surface area contributed by atoms with Crippen molar-refractivity contribution in [2.45, 2.75) is 13.0 Å². The van der Waals surface area contributed by atoms with Crippen LogP contribution < -0.4 is 20.1 Å². The van der Waals surface area contributed by atoms with Gasteiger partial charge >= 0.3 is 0 Å². The fourth-order valence-corrected chi connectivity index (χ4v) is 3.13. The summed E-state index contributed by atoms with van der Waals surface area (Å²) in [7, 11) is 3.12. The lowest BCUT2D eigenvalue weighted by molar-refractivity contribution is -0.117. The van der Waals surface area contributed by atoms with Gasteiger partial charge in [-0.1, -0.05) is 18.2 Å². The monoisotopic (exact) mass is 448 g/mol. The Balaban J connectivity index is 1.57. The number of anilines is 1. The predicted octanol–water partition coefficient (Wildman–Crippen LogP) is 4.99. The first kappa shape index (κ1) is 23.5. The Bertz CT molecular complexity index is 1140. The summed E-state index contributed by atoms with van der Waals surface area (Å²) in [6.45, 7) is 1.87. The largest absolute Gasteiger partial charge is 0.493 e. The van der Waals surface area contributed by atoms with Gasteiger partial charge in [0.1, 0.15) is 5.82 Å². The Morgan fingerprint density at radius 2 is 1.58 bits per heavy atom. The molecule has 0 saturated heterocycles. The van der Waals surface area contributed by atoms with Gasteiger partial charge in [0.05, 0.1) is 20.3 Å². The van der Waals surface area contributed by atoms with Gasteiger partial charge in [0, 0.05) is 17.3 Å². The second-order valence-electron chi connectivity index (χ2n) is 7.26. The number of hydrogen-bond acceptors (Lipinski definition) is 4. The maximum Gasteiger partial charge on any atom is 0.255 e. The molecule has 0 saturated carbocycles. The molecule has 33 heavy (non-hydrogen) atoms. The van der Waals surface area contributed by atoms with Gasteiger partial charge in [-0.25, -0.2) is 4.39 Å². The summed E-state index contributed by atoms with van der Waals surface area (Å²) in [5.41, 5.74) is 2.64. The van der Waals surface area contributed by atoms with Crippen molar-refractivity contribution in [1.29, 1.82) is 0 Å². The van der Waals surface area contributed by atoms with E-state index in [1.807, 2.05) is 25.1 Å². The minimum absolute atomic E-state index is 0.241. The molecule has 7 heteroatoms. The van der Waals surface area contributed by atoms with Crippen LogP contribution in [0.4, 0.5) is 10.1 Å². The molecule has 0 heterocycles. The average Bonchev–Trinajstić information content (AvgIpc) is 2.83. The van der Waals surface area contributed by atoms with Crippen molar-refractivity contribution in [3.63, 3.8) is 0 Å². The second kappa shape index (κ2) is 10.9. The Morgan fingerprint density at radius 3 is 2.21 bits per heavy atom. The van der Waals surface area contributed by atoms with Gasteiger partial charge in [-0.05, 0) is 72.7 Å². The van der Waals surface area contributed by atoms with Crippen LogP contribution in [0.5, 0.6) is 11.5 Å². The fourth-order valence-electron chi connectivity index (χ4n) is 3.13. The zero-order valence-corrected chi connectivity index (χ0v) is 18.6. The van der Waals surface area contributed by atoms with Crippen LogP contribution in [0.25, 0.3) is 6.08 Å². The molecule has 0 aliphatic rings. The summed E-state index contributed by atoms with van der Waals surface area (Å²) >= 11 is 0. The lowest BCUT2D eigenvalue weighted by atomic mass is 10.1. The SMILES string of the molecule is COc1ccc(/C=C/C(=O)NC(C)c2ccc(NC(=O)c3ccc(F)cc3)cc2)cc1OC. The highest BCUT2D eigenvalue weighted by atomic mass is 19.1. The molecule has 0 bridgehead atoms. The summed E-state index contributed by atoms with van der Waals surface area (Å²) in [6.07, 6.45) is 3.15. The van der Waals surface area contributed by atoms with E-state index < -0.39 is 5.82 Å². The Morgan fingerprint density at radius 1 is 0.909 bits per heavy atom. The third-order valence-corrected chi connectivity index (χ3v) is 4.97. The molecule has 0 aromatic heterocycles. The Kier molecular flexibility index (Phi) is 7.81. The highest BCUT2D eigenvalue weighted by Gasteiger charge is 2.10. The number of ether oxygens (including phenoxy) is 2. The number of carbonyl (C=O) groups excluding carboxylic acids is 2. The molecule has 170 valence electrons. The van der Waals surface area contributed by atoms with Crippen LogP contribution in [0.15, 0.2) is 72.8 Å². The number of nitrogens with one attached hydrogen (secondary N) is 2. The molecule has 0 radical (unpaired) electrons. The maximum absolute atomic E-state index is 13.0. The van der Waals surface area contributed by atoms with Gasteiger partial charge in [0.2, 0.25) is 5.91 Å². The maximum atomic E-state index is 13.0. The smallest absolute Gasteiger partial charge is 0.255 e. The van der Waals surface area contributed by atoms with Crippen molar-refractivity contribution in [2.24, 2.45) is 0 Å². The molecule has 2 N–H and O–H groups in total. The zero-order valence-electron chi connectivity index (χ0n) is 18.6. The molecular formula is C26H25FN2O4. The summed E-state index contributed by atoms with van der Waals surface area (Å²) in [5, 5.41) is 5.67. The van der Waals surface area contributed by atoms with Crippen LogP contribution >= 0.6 is 0 Å². The van der Waals surface area contributed by atoms with E-state index in [0.717, 1.165) is 11.1 Å². The number of carbonyl (C=O) groups is 2. The molecule has 0 aliphatic heterocycles. The molecule has 3 aromatic carbocycles. The quantitative estimate of drug-likeness (QED) is 0.476. The number of halogens is 1. The molecule has 6 nitrogen and oxygen atoms in total. The highest BCUT2D eigenvalue weighted by molar-refractivity contribution is 6.04. The minimum Gasteiger partial charge on any atom is -0.493 e. The topological polar surface area (TPSA) is 76.7 Å². The number of methoxy groups -OCH3 is 2. The van der Waals surface area contributed by atoms with E-state index in [2.05, 4.69) is 10.6 Å². The van der Waals surface area contributed by atoms with Crippen LogP contribution in [-0.2, 0) is 4.79 Å². The summed E-state index contributed by atoms with van der Waals surface area (Å²) < 4.78 is 23.5. The van der Waals surface area contributed by atoms with E-state index in [9.17, 15) is 14.0 Å². The molecule has 2 amide bonds. The van der Waals surface area contributed by atoms with Gasteiger partial charge in [0.15, 0.2) is 11.5 Å². The van der Waals surface area contributed by atoms with E-state index in [1.165, 1.54) is 30.3 Å². The van der Waals surface area contributed by atoms with Crippen molar-refractivity contribution in [3.05, 3.63) is 95.3 Å². The van der Waals surface area contributed by atoms with E-state index in [0.29, 0.717) is 22.7 Å². The van der Waals surface area contributed by atoms with Crippen LogP contribution in [0.2, 0.25) is 0 Å². The zero-order chi connectivity index (χ0) is 23.8. The molecule has 3 aromatic rings. The van der Waals surface area contributed by atoms with Gasteiger partial charge < -0.3 is 20.1 Å². The third-order valence-electron chi connectivity index (χ3n) is 4.97. The standard InChI is InChI=1S/C26H25FN2O4/c1-17(28-25(30)15-5-18-4-14-23(32-2)24(16-18)33-3)19-8-12-22(13-9-19)29-26(31)20-6-10-21(27)11-7-20/h4-17H,1-3H3,(H,28,30)(H,29,31)/b15-5+. The second-order valence-corrected chi connectivity index (χ2v) is 7.26. The van der Waals surface area contributed by atoms with Gasteiger partial charge in [0.25, 0.3) is 5.91 Å². The van der Waals surface area contributed by atoms with Crippen molar-refractivity contribution < 1.29 is 23.5 Å². The Hall–Kier alpha value is -4.13.